The molecule has 0 aromatic carbocycles. The second kappa shape index (κ2) is 6.10. The standard InChI is InChI=1S/C9H16O2/c1-4-8(2)7-9(10)5-6-11-3/h7H,4-6H2,1-3H3. The van der Waals surface area contributed by atoms with Crippen LogP contribution < -0.4 is 0 Å². The lowest BCUT2D eigenvalue weighted by Crippen LogP contribution is -1.99. The van der Waals surface area contributed by atoms with E-state index in [1.807, 2.05) is 13.8 Å². The van der Waals surface area contributed by atoms with E-state index in [9.17, 15) is 4.79 Å². The molecule has 0 fully saturated rings. The summed E-state index contributed by atoms with van der Waals surface area (Å²) in [7, 11) is 1.60. The van der Waals surface area contributed by atoms with Crippen LogP contribution >= 0.6 is 0 Å². The molecule has 0 atom stereocenters. The molecule has 0 aliphatic rings. The van der Waals surface area contributed by atoms with Crippen LogP contribution in [-0.2, 0) is 9.53 Å². The highest BCUT2D eigenvalue weighted by molar-refractivity contribution is 5.90. The van der Waals surface area contributed by atoms with E-state index >= 15 is 0 Å². The molecular weight excluding hydrogens is 140 g/mol. The third-order valence-electron chi connectivity index (χ3n) is 1.52. The van der Waals surface area contributed by atoms with Gasteiger partial charge >= 0.3 is 0 Å². The summed E-state index contributed by atoms with van der Waals surface area (Å²) >= 11 is 0. The normalized spacial score (nSPS) is 11.7. The minimum absolute atomic E-state index is 0.159. The molecule has 0 spiro atoms. The van der Waals surface area contributed by atoms with E-state index in [1.54, 1.807) is 13.2 Å². The summed E-state index contributed by atoms with van der Waals surface area (Å²) in [5, 5.41) is 0. The van der Waals surface area contributed by atoms with Crippen LogP contribution in [0.1, 0.15) is 26.7 Å². The molecule has 0 aliphatic heterocycles. The molecule has 2 heteroatoms. The maximum absolute atomic E-state index is 11.0. The highest BCUT2D eigenvalue weighted by Gasteiger charge is 1.96. The van der Waals surface area contributed by atoms with Crippen LogP contribution in [0.15, 0.2) is 11.6 Å². The number of rotatable bonds is 5. The molecule has 0 radical (unpaired) electrons. The molecule has 0 saturated carbocycles. The van der Waals surface area contributed by atoms with Crippen molar-refractivity contribution in [1.82, 2.24) is 0 Å². The number of methoxy groups -OCH3 is 1. The summed E-state index contributed by atoms with van der Waals surface area (Å²) in [5.74, 6) is 0.159. The van der Waals surface area contributed by atoms with Crippen LogP contribution in [0.25, 0.3) is 0 Å². The zero-order valence-corrected chi connectivity index (χ0v) is 7.52. The lowest BCUT2D eigenvalue weighted by atomic mass is 10.1. The lowest BCUT2D eigenvalue weighted by Gasteiger charge is -1.95. The van der Waals surface area contributed by atoms with E-state index in [4.69, 9.17) is 4.74 Å². The zero-order chi connectivity index (χ0) is 8.69. The van der Waals surface area contributed by atoms with Crippen molar-refractivity contribution in [2.24, 2.45) is 0 Å². The first-order chi connectivity index (χ1) is 5.20. The van der Waals surface area contributed by atoms with Crippen molar-refractivity contribution < 1.29 is 9.53 Å². The van der Waals surface area contributed by atoms with Crippen LogP contribution in [0.4, 0.5) is 0 Å². The molecule has 0 heterocycles. The average Bonchev–Trinajstić information content (AvgIpc) is 2.00. The van der Waals surface area contributed by atoms with Gasteiger partial charge in [-0.2, -0.15) is 0 Å². The molecule has 64 valence electrons. The Hall–Kier alpha value is -0.630. The fourth-order valence-corrected chi connectivity index (χ4v) is 0.652. The predicted octanol–water partition coefficient (Wildman–Crippen LogP) is 1.95. The topological polar surface area (TPSA) is 26.3 Å². The Kier molecular flexibility index (Phi) is 5.75. The first kappa shape index (κ1) is 10.4. The van der Waals surface area contributed by atoms with Gasteiger partial charge in [-0.05, 0) is 19.4 Å². The Morgan fingerprint density at radius 3 is 2.64 bits per heavy atom. The number of hydrogen-bond donors (Lipinski definition) is 0. The fourth-order valence-electron chi connectivity index (χ4n) is 0.652. The van der Waals surface area contributed by atoms with E-state index in [0.29, 0.717) is 13.0 Å². The first-order valence-electron chi connectivity index (χ1n) is 3.89. The van der Waals surface area contributed by atoms with Crippen LogP contribution in [0.2, 0.25) is 0 Å². The summed E-state index contributed by atoms with van der Waals surface area (Å²) < 4.78 is 4.78. The van der Waals surface area contributed by atoms with Crippen LogP contribution in [-0.4, -0.2) is 19.5 Å². The Morgan fingerprint density at radius 2 is 2.18 bits per heavy atom. The molecule has 0 unspecified atom stereocenters. The lowest BCUT2D eigenvalue weighted by molar-refractivity contribution is -0.115. The van der Waals surface area contributed by atoms with Gasteiger partial charge in [0.2, 0.25) is 0 Å². The van der Waals surface area contributed by atoms with Gasteiger partial charge in [0.1, 0.15) is 0 Å². The maximum atomic E-state index is 11.0. The van der Waals surface area contributed by atoms with Gasteiger partial charge in [0.15, 0.2) is 5.78 Å². The van der Waals surface area contributed by atoms with Gasteiger partial charge in [-0.1, -0.05) is 12.5 Å². The SMILES string of the molecule is CCC(C)=CC(=O)CCOC. The van der Waals surface area contributed by atoms with E-state index in [1.165, 1.54) is 0 Å². The van der Waals surface area contributed by atoms with Crippen molar-refractivity contribution in [2.75, 3.05) is 13.7 Å². The molecule has 0 N–H and O–H groups in total. The molecule has 11 heavy (non-hydrogen) atoms. The monoisotopic (exact) mass is 156 g/mol. The molecule has 0 rings (SSSR count). The van der Waals surface area contributed by atoms with Gasteiger partial charge < -0.3 is 4.74 Å². The maximum Gasteiger partial charge on any atom is 0.157 e. The smallest absolute Gasteiger partial charge is 0.157 e. The zero-order valence-electron chi connectivity index (χ0n) is 7.52. The van der Waals surface area contributed by atoms with E-state index in [0.717, 1.165) is 12.0 Å². The molecular formula is C9H16O2. The largest absolute Gasteiger partial charge is 0.384 e. The molecule has 0 bridgehead atoms. The first-order valence-corrected chi connectivity index (χ1v) is 3.89. The van der Waals surface area contributed by atoms with Gasteiger partial charge in [0, 0.05) is 13.5 Å². The second-order valence-electron chi connectivity index (χ2n) is 2.55. The summed E-state index contributed by atoms with van der Waals surface area (Å²) in [4.78, 5) is 11.0. The van der Waals surface area contributed by atoms with Crippen LogP contribution in [0.3, 0.4) is 0 Å². The van der Waals surface area contributed by atoms with Crippen LogP contribution in [0.5, 0.6) is 0 Å². The van der Waals surface area contributed by atoms with Crippen molar-refractivity contribution in [3.63, 3.8) is 0 Å². The van der Waals surface area contributed by atoms with E-state index in [-0.39, 0.29) is 5.78 Å². The van der Waals surface area contributed by atoms with Gasteiger partial charge in [-0.25, -0.2) is 0 Å². The predicted molar refractivity (Wildman–Crippen MR) is 45.5 cm³/mol. The molecule has 0 amide bonds. The van der Waals surface area contributed by atoms with Crippen molar-refractivity contribution in [3.05, 3.63) is 11.6 Å². The minimum atomic E-state index is 0.159. The van der Waals surface area contributed by atoms with E-state index in [2.05, 4.69) is 0 Å². The van der Waals surface area contributed by atoms with Gasteiger partial charge in [0.25, 0.3) is 0 Å². The number of carbonyl (C=O) groups is 1. The summed E-state index contributed by atoms with van der Waals surface area (Å²) in [6, 6.07) is 0. The van der Waals surface area contributed by atoms with E-state index < -0.39 is 0 Å². The minimum Gasteiger partial charge on any atom is -0.384 e. The van der Waals surface area contributed by atoms with Gasteiger partial charge in [-0.3, -0.25) is 4.79 Å². The Labute approximate surface area is 68.2 Å². The molecule has 0 aromatic rings. The second-order valence-corrected chi connectivity index (χ2v) is 2.55. The molecule has 0 aliphatic carbocycles. The number of allylic oxidation sites excluding steroid dienone is 2. The Bertz CT molecular complexity index is 148. The van der Waals surface area contributed by atoms with Crippen molar-refractivity contribution in [3.8, 4) is 0 Å². The Morgan fingerprint density at radius 1 is 1.55 bits per heavy atom. The van der Waals surface area contributed by atoms with Gasteiger partial charge in [0.05, 0.1) is 6.61 Å². The highest BCUT2D eigenvalue weighted by Crippen LogP contribution is 1.99. The molecule has 0 aromatic heterocycles. The number of carbonyl (C=O) groups excluding carboxylic acids is 1. The summed E-state index contributed by atoms with van der Waals surface area (Å²) in [5.41, 5.74) is 1.13. The van der Waals surface area contributed by atoms with Crippen molar-refractivity contribution in [2.45, 2.75) is 26.7 Å². The molecule has 0 saturated heterocycles. The fraction of sp³-hybridized carbons (Fsp3) is 0.667. The number of hydrogen-bond acceptors (Lipinski definition) is 2. The third kappa shape index (κ3) is 5.80. The summed E-state index contributed by atoms with van der Waals surface area (Å²) in [6.07, 6.45) is 3.13. The van der Waals surface area contributed by atoms with Gasteiger partial charge in [-0.15, -0.1) is 0 Å². The molecule has 2 nitrogen and oxygen atoms in total. The third-order valence-corrected chi connectivity index (χ3v) is 1.52. The van der Waals surface area contributed by atoms with Crippen LogP contribution in [0, 0.1) is 0 Å². The summed E-state index contributed by atoms with van der Waals surface area (Å²) in [6.45, 7) is 4.52. The quantitative estimate of drug-likeness (QED) is 0.569. The highest BCUT2D eigenvalue weighted by atomic mass is 16.5. The number of ether oxygens (including phenoxy) is 1. The Balaban J connectivity index is 3.67. The average molecular weight is 156 g/mol. The van der Waals surface area contributed by atoms with Crippen molar-refractivity contribution in [1.29, 1.82) is 0 Å². The number of ketones is 1. The van der Waals surface area contributed by atoms with Crippen molar-refractivity contribution >= 4 is 5.78 Å².